The smallest absolute Gasteiger partial charge is 0.261 e. The molecule has 4 aromatic rings. The van der Waals surface area contributed by atoms with E-state index < -0.39 is 0 Å². The van der Waals surface area contributed by atoms with Crippen molar-refractivity contribution in [1.82, 2.24) is 0 Å². The van der Waals surface area contributed by atoms with Gasteiger partial charge in [-0.25, -0.2) is 4.99 Å². The maximum Gasteiger partial charge on any atom is 0.261 e. The van der Waals surface area contributed by atoms with Crippen LogP contribution in [0, 0.1) is 0 Å². The summed E-state index contributed by atoms with van der Waals surface area (Å²) in [6, 6.07) is 26.8. The highest BCUT2D eigenvalue weighted by Crippen LogP contribution is 2.20. The molecule has 0 radical (unpaired) electrons. The highest BCUT2D eigenvalue weighted by molar-refractivity contribution is 6.05. The number of carbonyl (C=O) groups is 1. The van der Waals surface area contributed by atoms with Gasteiger partial charge in [0.15, 0.2) is 0 Å². The number of anilines is 1. The molecular formula is C25H22N2O2. The molecule has 0 atom stereocenters. The van der Waals surface area contributed by atoms with Gasteiger partial charge in [0.05, 0.1) is 5.69 Å². The first-order valence-electron chi connectivity index (χ1n) is 9.64. The quantitative estimate of drug-likeness (QED) is 0.468. The van der Waals surface area contributed by atoms with E-state index in [1.165, 1.54) is 5.56 Å². The second-order valence-electron chi connectivity index (χ2n) is 7.18. The molecule has 4 rings (SSSR count). The van der Waals surface area contributed by atoms with Gasteiger partial charge in [0.2, 0.25) is 5.55 Å². The Bertz CT molecular complexity index is 1210. The van der Waals surface area contributed by atoms with Crippen molar-refractivity contribution >= 4 is 28.3 Å². The number of hydrogen-bond acceptors (Lipinski definition) is 3. The van der Waals surface area contributed by atoms with Gasteiger partial charge in [0.1, 0.15) is 11.1 Å². The molecule has 0 aliphatic rings. The monoisotopic (exact) mass is 382 g/mol. The van der Waals surface area contributed by atoms with E-state index in [0.717, 1.165) is 16.8 Å². The fourth-order valence-electron chi connectivity index (χ4n) is 3.09. The maximum atomic E-state index is 13.0. The number of nitrogens with zero attached hydrogens (tertiary/aromatic N) is 1. The number of rotatable bonds is 4. The van der Waals surface area contributed by atoms with Crippen molar-refractivity contribution in [2.75, 3.05) is 5.32 Å². The van der Waals surface area contributed by atoms with Gasteiger partial charge < -0.3 is 9.73 Å². The van der Waals surface area contributed by atoms with Crippen LogP contribution >= 0.6 is 0 Å². The van der Waals surface area contributed by atoms with Crippen LogP contribution in [0.4, 0.5) is 11.4 Å². The third kappa shape index (κ3) is 4.27. The number of fused-ring (bicyclic) bond motifs is 1. The molecule has 0 fully saturated rings. The van der Waals surface area contributed by atoms with Crippen LogP contribution in [0.2, 0.25) is 0 Å². The van der Waals surface area contributed by atoms with E-state index in [0.29, 0.717) is 17.1 Å². The molecule has 0 unspecified atom stereocenters. The minimum atomic E-state index is -0.261. The van der Waals surface area contributed by atoms with Gasteiger partial charge in [-0.2, -0.15) is 0 Å². The predicted octanol–water partition coefficient (Wildman–Crippen LogP) is 6.04. The van der Waals surface area contributed by atoms with Crippen LogP contribution < -0.4 is 10.9 Å². The molecule has 0 spiro atoms. The molecule has 0 saturated carbocycles. The Morgan fingerprint density at radius 2 is 1.59 bits per heavy atom. The largest absolute Gasteiger partial charge is 0.438 e. The first-order valence-corrected chi connectivity index (χ1v) is 9.64. The first kappa shape index (κ1) is 18.7. The zero-order valence-electron chi connectivity index (χ0n) is 16.4. The zero-order chi connectivity index (χ0) is 20.2. The Morgan fingerprint density at radius 3 is 2.31 bits per heavy atom. The Hall–Kier alpha value is -3.66. The van der Waals surface area contributed by atoms with Crippen molar-refractivity contribution in [1.29, 1.82) is 0 Å². The Labute approximate surface area is 169 Å². The van der Waals surface area contributed by atoms with E-state index >= 15 is 0 Å². The van der Waals surface area contributed by atoms with Crippen LogP contribution in [0.1, 0.15) is 35.7 Å². The molecule has 0 aliphatic carbocycles. The lowest BCUT2D eigenvalue weighted by Crippen LogP contribution is -2.21. The summed E-state index contributed by atoms with van der Waals surface area (Å²) < 4.78 is 6.01. The summed E-state index contributed by atoms with van der Waals surface area (Å²) in [5, 5.41) is 3.76. The molecule has 29 heavy (non-hydrogen) atoms. The van der Waals surface area contributed by atoms with E-state index in [4.69, 9.17) is 4.42 Å². The van der Waals surface area contributed by atoms with E-state index in [1.807, 2.05) is 84.9 Å². The molecule has 1 N–H and O–H groups in total. The van der Waals surface area contributed by atoms with E-state index in [1.54, 1.807) is 0 Å². The van der Waals surface area contributed by atoms with Crippen LogP contribution in [0.15, 0.2) is 94.3 Å². The number of para-hydroxylation sites is 2. The van der Waals surface area contributed by atoms with Crippen molar-refractivity contribution in [2.45, 2.75) is 19.8 Å². The van der Waals surface area contributed by atoms with E-state index in [2.05, 4.69) is 24.2 Å². The van der Waals surface area contributed by atoms with Crippen LogP contribution in [0.25, 0.3) is 11.0 Å². The molecular weight excluding hydrogens is 360 g/mol. The highest BCUT2D eigenvalue weighted by atomic mass is 16.3. The fourth-order valence-corrected chi connectivity index (χ4v) is 3.09. The zero-order valence-corrected chi connectivity index (χ0v) is 16.4. The van der Waals surface area contributed by atoms with Gasteiger partial charge in [0, 0.05) is 11.1 Å². The summed E-state index contributed by atoms with van der Waals surface area (Å²) in [7, 11) is 0. The van der Waals surface area contributed by atoms with Crippen LogP contribution in [0.3, 0.4) is 0 Å². The van der Waals surface area contributed by atoms with Crippen molar-refractivity contribution in [3.05, 3.63) is 102 Å². The van der Waals surface area contributed by atoms with Gasteiger partial charge >= 0.3 is 0 Å². The Morgan fingerprint density at radius 1 is 0.897 bits per heavy atom. The Kier molecular flexibility index (Phi) is 5.25. The van der Waals surface area contributed by atoms with Gasteiger partial charge in [-0.3, -0.25) is 4.79 Å². The van der Waals surface area contributed by atoms with Gasteiger partial charge in [-0.15, -0.1) is 0 Å². The van der Waals surface area contributed by atoms with Crippen molar-refractivity contribution in [3.8, 4) is 0 Å². The SMILES string of the molecule is CC(C)c1ccc(N=c2oc3ccccc3cc2C(=O)Nc2ccccc2)cc1. The van der Waals surface area contributed by atoms with Crippen molar-refractivity contribution < 1.29 is 9.21 Å². The van der Waals surface area contributed by atoms with Crippen LogP contribution in [-0.4, -0.2) is 5.91 Å². The minimum Gasteiger partial charge on any atom is -0.438 e. The maximum absolute atomic E-state index is 13.0. The summed E-state index contributed by atoms with van der Waals surface area (Å²) in [5.41, 5.74) is 4.05. The molecule has 1 aromatic heterocycles. The van der Waals surface area contributed by atoms with Crippen LogP contribution in [-0.2, 0) is 0 Å². The minimum absolute atomic E-state index is 0.261. The number of benzene rings is 3. The summed E-state index contributed by atoms with van der Waals surface area (Å²) >= 11 is 0. The summed E-state index contributed by atoms with van der Waals surface area (Å²) in [6.07, 6.45) is 0. The molecule has 1 heterocycles. The molecule has 4 nitrogen and oxygen atoms in total. The molecule has 3 aromatic carbocycles. The number of hydrogen-bond donors (Lipinski definition) is 1. The predicted molar refractivity (Wildman–Crippen MR) is 116 cm³/mol. The standard InChI is InChI=1S/C25H22N2O2/c1-17(2)18-12-14-21(15-13-18)27-25-22(16-19-8-6-7-11-23(19)29-25)24(28)26-20-9-4-3-5-10-20/h3-17H,1-2H3,(H,26,28). The highest BCUT2D eigenvalue weighted by Gasteiger charge is 2.13. The number of carbonyl (C=O) groups excluding carboxylic acids is 1. The van der Waals surface area contributed by atoms with E-state index in [-0.39, 0.29) is 11.5 Å². The molecule has 1 amide bonds. The second kappa shape index (κ2) is 8.15. The Balaban J connectivity index is 1.80. The molecule has 0 saturated heterocycles. The average Bonchev–Trinajstić information content (AvgIpc) is 2.74. The lowest BCUT2D eigenvalue weighted by atomic mass is 10.0. The fraction of sp³-hybridized carbons (Fsp3) is 0.120. The second-order valence-corrected chi connectivity index (χ2v) is 7.18. The van der Waals surface area contributed by atoms with Crippen LogP contribution in [0.5, 0.6) is 0 Å². The number of amides is 1. The molecule has 4 heteroatoms. The van der Waals surface area contributed by atoms with Gasteiger partial charge in [-0.05, 0) is 47.9 Å². The van der Waals surface area contributed by atoms with Crippen molar-refractivity contribution in [3.63, 3.8) is 0 Å². The topological polar surface area (TPSA) is 54.6 Å². The molecule has 144 valence electrons. The van der Waals surface area contributed by atoms with Gasteiger partial charge in [0.25, 0.3) is 5.91 Å². The molecule has 0 bridgehead atoms. The normalized spacial score (nSPS) is 11.8. The first-order chi connectivity index (χ1) is 14.1. The van der Waals surface area contributed by atoms with Gasteiger partial charge in [-0.1, -0.05) is 62.4 Å². The van der Waals surface area contributed by atoms with Crippen molar-refractivity contribution in [2.24, 2.45) is 4.99 Å². The summed E-state index contributed by atoms with van der Waals surface area (Å²) in [6.45, 7) is 4.30. The average molecular weight is 382 g/mol. The lowest BCUT2D eigenvalue weighted by Gasteiger charge is -2.07. The lowest BCUT2D eigenvalue weighted by molar-refractivity contribution is 0.102. The number of nitrogens with one attached hydrogen (secondary N) is 1. The van der Waals surface area contributed by atoms with E-state index in [9.17, 15) is 4.79 Å². The molecule has 0 aliphatic heterocycles. The third-order valence-corrected chi connectivity index (χ3v) is 4.72. The summed E-state index contributed by atoms with van der Waals surface area (Å²) in [5.74, 6) is 0.185. The summed E-state index contributed by atoms with van der Waals surface area (Å²) in [4.78, 5) is 17.6. The third-order valence-electron chi connectivity index (χ3n) is 4.72.